The zero-order valence-electron chi connectivity index (χ0n) is 20.6. The minimum Gasteiger partial charge on any atom is -0.467 e. The molecule has 0 aromatic carbocycles. The number of piperazine rings is 1. The molecule has 10 heteroatoms. The van der Waals surface area contributed by atoms with Gasteiger partial charge in [-0.3, -0.25) is 4.90 Å². The van der Waals surface area contributed by atoms with Gasteiger partial charge in [0, 0.05) is 49.3 Å². The molecule has 4 unspecified atom stereocenters. The average Bonchev–Trinajstić information content (AvgIpc) is 3.63. The van der Waals surface area contributed by atoms with Crippen LogP contribution in [0, 0.1) is 0 Å². The summed E-state index contributed by atoms with van der Waals surface area (Å²) in [5.74, 6) is 0.948. The van der Waals surface area contributed by atoms with Gasteiger partial charge >= 0.3 is 6.01 Å². The Bertz CT molecular complexity index is 1150. The van der Waals surface area contributed by atoms with Crippen LogP contribution in [0.25, 0.3) is 20.3 Å². The van der Waals surface area contributed by atoms with E-state index in [-0.39, 0.29) is 0 Å². The molecule has 1 N–H and O–H groups in total. The van der Waals surface area contributed by atoms with E-state index in [1.807, 2.05) is 19.9 Å². The molecule has 0 saturated carbocycles. The number of nitrogens with one attached hydrogen (secondary N) is 1. The number of pyridine rings is 1. The van der Waals surface area contributed by atoms with Gasteiger partial charge in [-0.15, -0.1) is 11.3 Å². The van der Waals surface area contributed by atoms with Crippen molar-refractivity contribution in [3.63, 3.8) is 0 Å². The van der Waals surface area contributed by atoms with Gasteiger partial charge in [-0.1, -0.05) is 25.4 Å². The van der Waals surface area contributed by atoms with Crippen LogP contribution >= 0.6 is 22.9 Å². The fraction of sp³-hybridized carbons (Fsp3) is 0.640. The summed E-state index contributed by atoms with van der Waals surface area (Å²) in [4.78, 5) is 19.0. The average molecular weight is 521 g/mol. The lowest BCUT2D eigenvalue weighted by atomic mass is 10.1. The molecular weight excluding hydrogens is 487 g/mol. The molecule has 3 aromatic rings. The van der Waals surface area contributed by atoms with Gasteiger partial charge in [-0.25, -0.2) is 9.37 Å². The van der Waals surface area contributed by atoms with Crippen molar-refractivity contribution in [3.05, 3.63) is 17.4 Å². The summed E-state index contributed by atoms with van der Waals surface area (Å²) in [5, 5.41) is 6.30. The van der Waals surface area contributed by atoms with E-state index in [0.29, 0.717) is 35.8 Å². The van der Waals surface area contributed by atoms with Gasteiger partial charge < -0.3 is 15.0 Å². The second kappa shape index (κ2) is 10.7. The first kappa shape index (κ1) is 24.9. The first-order chi connectivity index (χ1) is 17.1. The van der Waals surface area contributed by atoms with Crippen LogP contribution in [0.1, 0.15) is 46.0 Å². The van der Waals surface area contributed by atoms with Crippen molar-refractivity contribution >= 4 is 49.1 Å². The molecule has 4 aliphatic rings. The Morgan fingerprint density at radius 3 is 2.63 bits per heavy atom. The summed E-state index contributed by atoms with van der Waals surface area (Å²) in [5.41, 5.74) is 0. The number of methoxy groups -OCH3 is 1. The minimum atomic E-state index is -0.518. The second-order valence-corrected chi connectivity index (χ2v) is 10.8. The molecule has 4 fully saturated rings. The molecule has 0 aliphatic carbocycles. The van der Waals surface area contributed by atoms with Gasteiger partial charge in [0.2, 0.25) is 0 Å². The molecule has 7 nitrogen and oxygen atoms in total. The maximum absolute atomic E-state index is 12.6. The summed E-state index contributed by atoms with van der Waals surface area (Å²) in [6.45, 7) is 7.78. The van der Waals surface area contributed by atoms with Crippen molar-refractivity contribution in [2.24, 2.45) is 0 Å². The Morgan fingerprint density at radius 2 is 1.91 bits per heavy atom. The molecule has 35 heavy (non-hydrogen) atoms. The van der Waals surface area contributed by atoms with E-state index < -0.39 is 6.17 Å². The third kappa shape index (κ3) is 4.92. The molecule has 0 amide bonds. The molecule has 0 spiro atoms. The predicted molar refractivity (Wildman–Crippen MR) is 142 cm³/mol. The Hall–Kier alpha value is -1.81. The largest absolute Gasteiger partial charge is 0.467 e. The Labute approximate surface area is 215 Å². The lowest BCUT2D eigenvalue weighted by Gasteiger charge is -2.34. The number of anilines is 1. The van der Waals surface area contributed by atoms with E-state index in [1.54, 1.807) is 24.6 Å². The quantitative estimate of drug-likeness (QED) is 0.474. The summed E-state index contributed by atoms with van der Waals surface area (Å²) >= 11 is 7.84. The van der Waals surface area contributed by atoms with Crippen molar-refractivity contribution in [2.45, 2.75) is 70.2 Å². The van der Waals surface area contributed by atoms with Gasteiger partial charge in [-0.2, -0.15) is 9.97 Å². The molecule has 0 radical (unpaired) electrons. The zero-order valence-corrected chi connectivity index (χ0v) is 22.2. The highest BCUT2D eigenvalue weighted by Gasteiger charge is 2.35. The number of thiophene rings is 1. The van der Waals surface area contributed by atoms with Crippen molar-refractivity contribution in [3.8, 4) is 6.01 Å². The van der Waals surface area contributed by atoms with Crippen LogP contribution in [0.4, 0.5) is 10.2 Å². The molecule has 7 rings (SSSR count). The SMILES string of the molecule is CC.COc1nc(N2CC3CCC(C2)N3)c2c(n1)sc1c(Cl)nccc12.FC1CC2CCCN2C1. The lowest BCUT2D eigenvalue weighted by Crippen LogP contribution is -2.51. The summed E-state index contributed by atoms with van der Waals surface area (Å²) in [7, 11) is 1.61. The van der Waals surface area contributed by atoms with Gasteiger partial charge in [0.1, 0.15) is 22.0 Å². The maximum Gasteiger partial charge on any atom is 0.319 e. The van der Waals surface area contributed by atoms with E-state index in [0.717, 1.165) is 52.2 Å². The van der Waals surface area contributed by atoms with Crippen LogP contribution in [-0.2, 0) is 0 Å². The van der Waals surface area contributed by atoms with E-state index in [9.17, 15) is 4.39 Å². The topological polar surface area (TPSA) is 66.4 Å². The molecule has 2 bridgehead atoms. The third-order valence-corrected chi connectivity index (χ3v) is 8.83. The molecule has 3 aromatic heterocycles. The lowest BCUT2D eigenvalue weighted by molar-refractivity contribution is 0.292. The Kier molecular flexibility index (Phi) is 7.58. The van der Waals surface area contributed by atoms with E-state index in [1.165, 1.54) is 25.7 Å². The molecular formula is C25H34ClFN6OS. The standard InChI is InChI=1S/C16H16ClN5OS.C7H12FN.C2H6/c1-23-16-20-14(22-6-8-2-3-9(7-22)19-8)11-10-4-5-18-13(17)12(10)24-15(11)21-16;8-6-4-7-2-1-3-9(7)5-6;1-2/h4-5,8-9,19H,2-3,6-7H2,1H3;6-7H,1-5H2;1-2H3. The van der Waals surface area contributed by atoms with Crippen LogP contribution in [0.15, 0.2) is 12.3 Å². The number of hydrogen-bond acceptors (Lipinski definition) is 8. The first-order valence-corrected chi connectivity index (χ1v) is 14.0. The predicted octanol–water partition coefficient (Wildman–Crippen LogP) is 5.06. The number of ether oxygens (including phenoxy) is 1. The number of halogens is 2. The summed E-state index contributed by atoms with van der Waals surface area (Å²) < 4.78 is 18.9. The number of rotatable bonds is 2. The highest BCUT2D eigenvalue weighted by atomic mass is 35.5. The monoisotopic (exact) mass is 520 g/mol. The fourth-order valence-electron chi connectivity index (χ4n) is 5.85. The van der Waals surface area contributed by atoms with Crippen LogP contribution in [0.2, 0.25) is 5.15 Å². The third-order valence-electron chi connectivity index (χ3n) is 7.32. The van der Waals surface area contributed by atoms with Gasteiger partial charge in [0.15, 0.2) is 0 Å². The fourth-order valence-corrected chi connectivity index (χ4v) is 7.16. The van der Waals surface area contributed by atoms with E-state index in [4.69, 9.17) is 21.3 Å². The molecule has 4 saturated heterocycles. The molecule has 7 heterocycles. The van der Waals surface area contributed by atoms with Crippen molar-refractivity contribution in [1.29, 1.82) is 0 Å². The highest BCUT2D eigenvalue weighted by Crippen LogP contribution is 2.41. The van der Waals surface area contributed by atoms with Crippen LogP contribution in [0.5, 0.6) is 6.01 Å². The van der Waals surface area contributed by atoms with Gasteiger partial charge in [0.25, 0.3) is 0 Å². The first-order valence-electron chi connectivity index (χ1n) is 12.8. The number of hydrogen-bond donors (Lipinski definition) is 1. The number of aromatic nitrogens is 3. The molecule has 4 aliphatic heterocycles. The Morgan fingerprint density at radius 1 is 1.14 bits per heavy atom. The van der Waals surface area contributed by atoms with E-state index >= 15 is 0 Å². The van der Waals surface area contributed by atoms with Gasteiger partial charge in [0.05, 0.1) is 17.2 Å². The van der Waals surface area contributed by atoms with Crippen LogP contribution < -0.4 is 15.0 Å². The normalized spacial score (nSPS) is 27.4. The molecule has 190 valence electrons. The van der Waals surface area contributed by atoms with Crippen molar-refractivity contribution in [2.75, 3.05) is 38.2 Å². The zero-order chi connectivity index (χ0) is 24.5. The number of alkyl halides is 1. The van der Waals surface area contributed by atoms with Crippen molar-refractivity contribution in [1.82, 2.24) is 25.2 Å². The Balaban J connectivity index is 0.000000192. The summed E-state index contributed by atoms with van der Waals surface area (Å²) in [6, 6.07) is 4.08. The highest BCUT2D eigenvalue weighted by molar-refractivity contribution is 7.26. The molecule has 4 atom stereocenters. The maximum atomic E-state index is 12.6. The van der Waals surface area contributed by atoms with Crippen LogP contribution in [0.3, 0.4) is 0 Å². The number of fused-ring (bicyclic) bond motifs is 6. The van der Waals surface area contributed by atoms with Gasteiger partial charge in [-0.05, 0) is 44.7 Å². The van der Waals surface area contributed by atoms with Crippen molar-refractivity contribution < 1.29 is 9.13 Å². The van der Waals surface area contributed by atoms with Crippen LogP contribution in [-0.4, -0.2) is 77.4 Å². The van der Waals surface area contributed by atoms with E-state index in [2.05, 4.69) is 25.1 Å². The summed E-state index contributed by atoms with van der Waals surface area (Å²) in [6.07, 6.45) is 7.01. The minimum absolute atomic E-state index is 0.402. The number of nitrogens with zero attached hydrogens (tertiary/aromatic N) is 5. The smallest absolute Gasteiger partial charge is 0.319 e. The second-order valence-electron chi connectivity index (χ2n) is 9.46.